The van der Waals surface area contributed by atoms with Crippen LogP contribution in [0.2, 0.25) is 0 Å². The zero-order valence-electron chi connectivity index (χ0n) is 12.2. The van der Waals surface area contributed by atoms with E-state index in [0.717, 1.165) is 37.1 Å². The lowest BCUT2D eigenvalue weighted by molar-refractivity contribution is -0.123. The second kappa shape index (κ2) is 7.02. The van der Waals surface area contributed by atoms with Crippen LogP contribution in [-0.2, 0) is 10.2 Å². The average Bonchev–Trinajstić information content (AvgIpc) is 3.25. The number of nitrogen functional groups attached to an aromatic ring is 1. The molecule has 0 aliphatic heterocycles. The van der Waals surface area contributed by atoms with Gasteiger partial charge < -0.3 is 11.1 Å². The number of carbonyl (C=O) groups excluding carboxylic acids is 1. The molecular formula is C16H24N2OS. The molecular weight excluding hydrogens is 268 g/mol. The minimum absolute atomic E-state index is 0.187. The summed E-state index contributed by atoms with van der Waals surface area (Å²) in [4.78, 5) is 12.4. The molecule has 0 radical (unpaired) electrons. The molecule has 0 bridgehead atoms. The molecule has 4 heteroatoms. The zero-order chi connectivity index (χ0) is 14.4. The van der Waals surface area contributed by atoms with Gasteiger partial charge in [-0.3, -0.25) is 4.79 Å². The number of unbranched alkanes of at least 4 members (excludes halogenated alkanes) is 2. The largest absolute Gasteiger partial charge is 0.399 e. The van der Waals surface area contributed by atoms with Crippen molar-refractivity contribution in [1.82, 2.24) is 5.32 Å². The van der Waals surface area contributed by atoms with Crippen LogP contribution in [0.4, 0.5) is 5.69 Å². The number of hydrogen-bond donors (Lipinski definition) is 2. The predicted molar refractivity (Wildman–Crippen MR) is 87.0 cm³/mol. The summed E-state index contributed by atoms with van der Waals surface area (Å²) in [5.41, 5.74) is 7.28. The van der Waals surface area contributed by atoms with E-state index in [4.69, 9.17) is 5.73 Å². The van der Waals surface area contributed by atoms with Gasteiger partial charge in [-0.05, 0) is 55.4 Å². The summed E-state index contributed by atoms with van der Waals surface area (Å²) in [7, 11) is 0. The Balaban J connectivity index is 1.78. The first kappa shape index (κ1) is 15.2. The number of amides is 1. The van der Waals surface area contributed by atoms with E-state index >= 15 is 0 Å². The fourth-order valence-corrected chi connectivity index (χ4v) is 2.99. The van der Waals surface area contributed by atoms with Crippen molar-refractivity contribution < 1.29 is 4.79 Å². The van der Waals surface area contributed by atoms with Crippen molar-refractivity contribution in [2.75, 3.05) is 24.3 Å². The van der Waals surface area contributed by atoms with E-state index in [0.29, 0.717) is 0 Å². The molecule has 0 aromatic heterocycles. The molecule has 1 aliphatic carbocycles. The number of anilines is 1. The van der Waals surface area contributed by atoms with Crippen molar-refractivity contribution in [3.05, 3.63) is 29.8 Å². The number of nitrogens with two attached hydrogens (primary N) is 1. The molecule has 0 saturated heterocycles. The van der Waals surface area contributed by atoms with E-state index in [9.17, 15) is 4.79 Å². The van der Waals surface area contributed by atoms with Gasteiger partial charge in [0, 0.05) is 12.2 Å². The average molecular weight is 292 g/mol. The van der Waals surface area contributed by atoms with E-state index < -0.39 is 0 Å². The van der Waals surface area contributed by atoms with Gasteiger partial charge in [0.05, 0.1) is 5.41 Å². The Morgan fingerprint density at radius 2 is 1.95 bits per heavy atom. The van der Waals surface area contributed by atoms with Gasteiger partial charge in [-0.25, -0.2) is 0 Å². The molecule has 2 rings (SSSR count). The molecule has 1 saturated carbocycles. The molecule has 3 nitrogen and oxygen atoms in total. The second-order valence-electron chi connectivity index (χ2n) is 5.51. The third kappa shape index (κ3) is 3.69. The SMILES string of the molecule is CSCCCCCNC(=O)C1(c2ccc(N)cc2)CC1. The van der Waals surface area contributed by atoms with E-state index in [1.807, 2.05) is 36.0 Å². The molecule has 1 aliphatic rings. The molecule has 1 fully saturated rings. The van der Waals surface area contributed by atoms with Crippen LogP contribution in [0.3, 0.4) is 0 Å². The van der Waals surface area contributed by atoms with Gasteiger partial charge in [-0.2, -0.15) is 11.8 Å². The van der Waals surface area contributed by atoms with Crippen LogP contribution in [0.5, 0.6) is 0 Å². The van der Waals surface area contributed by atoms with E-state index in [2.05, 4.69) is 11.6 Å². The van der Waals surface area contributed by atoms with Crippen molar-refractivity contribution in [1.29, 1.82) is 0 Å². The third-order valence-corrected chi connectivity index (χ3v) is 4.66. The fourth-order valence-electron chi connectivity index (χ4n) is 2.49. The van der Waals surface area contributed by atoms with Crippen LogP contribution in [0.25, 0.3) is 0 Å². The van der Waals surface area contributed by atoms with Crippen molar-refractivity contribution >= 4 is 23.4 Å². The van der Waals surface area contributed by atoms with Crippen LogP contribution in [0.15, 0.2) is 24.3 Å². The molecule has 0 atom stereocenters. The van der Waals surface area contributed by atoms with E-state index in [1.54, 1.807) is 0 Å². The normalized spacial score (nSPS) is 15.8. The van der Waals surface area contributed by atoms with Crippen LogP contribution in [0, 0.1) is 0 Å². The summed E-state index contributed by atoms with van der Waals surface area (Å²) in [5, 5.41) is 3.10. The maximum Gasteiger partial charge on any atom is 0.230 e. The summed E-state index contributed by atoms with van der Waals surface area (Å²) >= 11 is 1.88. The van der Waals surface area contributed by atoms with Gasteiger partial charge in [-0.1, -0.05) is 18.6 Å². The minimum Gasteiger partial charge on any atom is -0.399 e. The van der Waals surface area contributed by atoms with Crippen LogP contribution in [0.1, 0.15) is 37.7 Å². The van der Waals surface area contributed by atoms with Gasteiger partial charge in [0.1, 0.15) is 0 Å². The van der Waals surface area contributed by atoms with Crippen LogP contribution < -0.4 is 11.1 Å². The lowest BCUT2D eigenvalue weighted by Gasteiger charge is -2.16. The maximum atomic E-state index is 12.4. The second-order valence-corrected chi connectivity index (χ2v) is 6.50. The van der Waals surface area contributed by atoms with E-state index in [-0.39, 0.29) is 11.3 Å². The van der Waals surface area contributed by atoms with Gasteiger partial charge >= 0.3 is 0 Å². The Morgan fingerprint density at radius 3 is 2.55 bits per heavy atom. The summed E-state index contributed by atoms with van der Waals surface area (Å²) in [6.07, 6.45) is 7.54. The molecule has 0 heterocycles. The smallest absolute Gasteiger partial charge is 0.230 e. The molecule has 1 aromatic rings. The number of carbonyl (C=O) groups is 1. The lowest BCUT2D eigenvalue weighted by Crippen LogP contribution is -2.35. The number of rotatable bonds is 8. The van der Waals surface area contributed by atoms with Crippen molar-refractivity contribution in [3.63, 3.8) is 0 Å². The monoisotopic (exact) mass is 292 g/mol. The van der Waals surface area contributed by atoms with Crippen molar-refractivity contribution in [2.24, 2.45) is 0 Å². The van der Waals surface area contributed by atoms with Crippen molar-refractivity contribution in [3.8, 4) is 0 Å². The summed E-state index contributed by atoms with van der Waals surface area (Å²) in [5.74, 6) is 1.40. The number of nitrogens with one attached hydrogen (secondary N) is 1. The van der Waals surface area contributed by atoms with Crippen LogP contribution >= 0.6 is 11.8 Å². The number of hydrogen-bond acceptors (Lipinski definition) is 3. The Labute approximate surface area is 125 Å². The Bertz CT molecular complexity index is 440. The standard InChI is InChI=1S/C16H24N2OS/c1-20-12-4-2-3-11-18-15(19)16(9-10-16)13-5-7-14(17)8-6-13/h5-8H,2-4,9-12,17H2,1H3,(H,18,19). The highest BCUT2D eigenvalue weighted by atomic mass is 32.2. The van der Waals surface area contributed by atoms with Crippen molar-refractivity contribution in [2.45, 2.75) is 37.5 Å². The Kier molecular flexibility index (Phi) is 5.35. The first-order valence-corrected chi connectivity index (χ1v) is 8.72. The zero-order valence-corrected chi connectivity index (χ0v) is 13.0. The molecule has 1 amide bonds. The van der Waals surface area contributed by atoms with Gasteiger partial charge in [0.15, 0.2) is 0 Å². The van der Waals surface area contributed by atoms with Gasteiger partial charge in [0.25, 0.3) is 0 Å². The highest BCUT2D eigenvalue weighted by molar-refractivity contribution is 7.98. The molecule has 1 aromatic carbocycles. The first-order chi connectivity index (χ1) is 9.69. The Morgan fingerprint density at radius 1 is 1.25 bits per heavy atom. The summed E-state index contributed by atoms with van der Waals surface area (Å²) < 4.78 is 0. The molecule has 0 spiro atoms. The quantitative estimate of drug-likeness (QED) is 0.572. The fraction of sp³-hybridized carbons (Fsp3) is 0.562. The minimum atomic E-state index is -0.271. The first-order valence-electron chi connectivity index (χ1n) is 7.32. The number of thioether (sulfide) groups is 1. The van der Waals surface area contributed by atoms with Gasteiger partial charge in [-0.15, -0.1) is 0 Å². The maximum absolute atomic E-state index is 12.4. The van der Waals surface area contributed by atoms with Gasteiger partial charge in [0.2, 0.25) is 5.91 Å². The summed E-state index contributed by atoms with van der Waals surface area (Å²) in [6.45, 7) is 0.796. The highest BCUT2D eigenvalue weighted by Gasteiger charge is 2.50. The Hall–Kier alpha value is -1.16. The number of benzene rings is 1. The topological polar surface area (TPSA) is 55.1 Å². The molecule has 3 N–H and O–H groups in total. The summed E-state index contributed by atoms with van der Waals surface area (Å²) in [6, 6.07) is 7.73. The molecule has 0 unspecified atom stereocenters. The molecule has 20 heavy (non-hydrogen) atoms. The molecule has 110 valence electrons. The highest BCUT2D eigenvalue weighted by Crippen LogP contribution is 2.48. The predicted octanol–water partition coefficient (Wildman–Crippen LogP) is 2.95. The van der Waals surface area contributed by atoms with Crippen LogP contribution in [-0.4, -0.2) is 24.5 Å². The van der Waals surface area contributed by atoms with E-state index in [1.165, 1.54) is 18.6 Å². The third-order valence-electron chi connectivity index (χ3n) is 3.96. The lowest BCUT2D eigenvalue weighted by atomic mass is 9.94.